The van der Waals surface area contributed by atoms with Gasteiger partial charge >= 0.3 is 5.97 Å². The molecule has 0 bridgehead atoms. The largest absolute Gasteiger partial charge is 0.452 e. The van der Waals surface area contributed by atoms with Crippen molar-refractivity contribution in [1.29, 1.82) is 0 Å². The van der Waals surface area contributed by atoms with Gasteiger partial charge in [0.05, 0.1) is 11.3 Å². The lowest BCUT2D eigenvalue weighted by atomic mass is 10.2. The molecule has 0 aliphatic rings. The van der Waals surface area contributed by atoms with Gasteiger partial charge in [-0.1, -0.05) is 6.07 Å². The van der Waals surface area contributed by atoms with Gasteiger partial charge in [0.1, 0.15) is 12.7 Å². The van der Waals surface area contributed by atoms with Crippen LogP contribution in [0.4, 0.5) is 0 Å². The molecule has 0 unspecified atom stereocenters. The van der Waals surface area contributed by atoms with Crippen LogP contribution in [-0.2, 0) is 15.3 Å². The van der Waals surface area contributed by atoms with Crippen molar-refractivity contribution in [3.05, 3.63) is 64.9 Å². The van der Waals surface area contributed by atoms with E-state index < -0.39 is 5.97 Å². The van der Waals surface area contributed by atoms with Crippen molar-refractivity contribution in [2.45, 2.75) is 5.75 Å². The molecule has 3 rings (SSSR count). The van der Waals surface area contributed by atoms with Crippen LogP contribution in [0.5, 0.6) is 0 Å². The summed E-state index contributed by atoms with van der Waals surface area (Å²) in [6, 6.07) is 10.8. The molecule has 1 N–H and O–H groups in total. The van der Waals surface area contributed by atoms with Gasteiger partial charge in [-0.3, -0.25) is 4.79 Å². The molecule has 140 valence electrons. The predicted molar refractivity (Wildman–Crippen MR) is 105 cm³/mol. The van der Waals surface area contributed by atoms with E-state index in [2.05, 4.69) is 21.5 Å². The van der Waals surface area contributed by atoms with Gasteiger partial charge in [0.2, 0.25) is 0 Å². The van der Waals surface area contributed by atoms with Crippen molar-refractivity contribution in [1.82, 2.24) is 20.1 Å². The van der Waals surface area contributed by atoms with Crippen LogP contribution in [0.25, 0.3) is 5.69 Å². The van der Waals surface area contributed by atoms with E-state index in [1.54, 1.807) is 58.4 Å². The number of rotatable bonds is 9. The molecule has 0 fully saturated rings. The molecular weight excluding hydrogens is 384 g/mol. The van der Waals surface area contributed by atoms with E-state index in [0.29, 0.717) is 12.1 Å². The molecule has 0 spiro atoms. The molecule has 1 aromatic carbocycles. The highest BCUT2D eigenvalue weighted by Crippen LogP contribution is 2.16. The van der Waals surface area contributed by atoms with Gasteiger partial charge in [-0.05, 0) is 35.7 Å². The molecule has 0 saturated carbocycles. The Morgan fingerprint density at radius 1 is 1.22 bits per heavy atom. The summed E-state index contributed by atoms with van der Waals surface area (Å²) in [6.45, 7) is 0.248. The summed E-state index contributed by atoms with van der Waals surface area (Å²) >= 11 is 3.47. The molecule has 0 aliphatic carbocycles. The number of hydrogen-bond acceptors (Lipinski definition) is 7. The Hall–Kier alpha value is -2.65. The second kappa shape index (κ2) is 9.89. The van der Waals surface area contributed by atoms with Crippen LogP contribution in [-0.4, -0.2) is 45.5 Å². The second-order valence-corrected chi connectivity index (χ2v) is 7.58. The summed E-state index contributed by atoms with van der Waals surface area (Å²) in [5, 5.41) is 8.81. The van der Waals surface area contributed by atoms with Gasteiger partial charge in [-0.25, -0.2) is 14.5 Å². The highest BCUT2D eigenvalue weighted by atomic mass is 32.2. The van der Waals surface area contributed by atoms with E-state index in [9.17, 15) is 9.59 Å². The molecule has 9 heteroatoms. The van der Waals surface area contributed by atoms with Crippen LogP contribution in [0.3, 0.4) is 0 Å². The van der Waals surface area contributed by atoms with Crippen LogP contribution >= 0.6 is 23.1 Å². The van der Waals surface area contributed by atoms with E-state index in [4.69, 9.17) is 4.74 Å². The highest BCUT2D eigenvalue weighted by Gasteiger charge is 2.10. The summed E-state index contributed by atoms with van der Waals surface area (Å²) in [6.07, 6.45) is 3.00. The predicted octanol–water partition coefficient (Wildman–Crippen LogP) is 2.54. The number of benzene rings is 1. The Kier molecular flexibility index (Phi) is 7.00. The monoisotopic (exact) mass is 402 g/mol. The van der Waals surface area contributed by atoms with Crippen LogP contribution in [0.1, 0.15) is 15.2 Å². The lowest BCUT2D eigenvalue weighted by Crippen LogP contribution is -2.30. The molecule has 0 atom stereocenters. The third-order valence-corrected chi connectivity index (χ3v) is 5.58. The number of amides is 1. The molecule has 0 aliphatic heterocycles. The summed E-state index contributed by atoms with van der Waals surface area (Å²) in [4.78, 5) is 29.0. The Morgan fingerprint density at radius 2 is 2.07 bits per heavy atom. The van der Waals surface area contributed by atoms with Crippen LogP contribution in [0.15, 0.2) is 54.4 Å². The standard InChI is InChI=1S/C18H18N4O3S2/c23-17(20-7-9-26-11-16-2-1-8-27-16)10-25-18(24)14-3-5-15(6-4-14)22-13-19-12-21-22/h1-6,8,12-13H,7,9-11H2,(H,20,23). The quantitative estimate of drug-likeness (QED) is 0.437. The van der Waals surface area contributed by atoms with Gasteiger partial charge < -0.3 is 10.1 Å². The first-order chi connectivity index (χ1) is 13.2. The number of nitrogens with one attached hydrogen (secondary N) is 1. The average molecular weight is 403 g/mol. The lowest BCUT2D eigenvalue weighted by Gasteiger charge is -2.07. The number of carbonyl (C=O) groups is 2. The number of hydrogen-bond donors (Lipinski definition) is 1. The van der Waals surface area contributed by atoms with Gasteiger partial charge in [-0.15, -0.1) is 11.3 Å². The molecule has 2 heterocycles. The summed E-state index contributed by atoms with van der Waals surface area (Å²) in [7, 11) is 0. The minimum Gasteiger partial charge on any atom is -0.452 e. The molecular formula is C18H18N4O3S2. The summed E-state index contributed by atoms with van der Waals surface area (Å²) in [5.41, 5.74) is 1.15. The molecule has 0 radical (unpaired) electrons. The van der Waals surface area contributed by atoms with Gasteiger partial charge in [0.15, 0.2) is 6.61 Å². The zero-order valence-electron chi connectivity index (χ0n) is 14.4. The normalized spacial score (nSPS) is 10.5. The fourth-order valence-corrected chi connectivity index (χ4v) is 3.89. The number of nitrogens with zero attached hydrogens (tertiary/aromatic N) is 3. The Bertz CT molecular complexity index is 849. The maximum atomic E-state index is 12.0. The van der Waals surface area contributed by atoms with E-state index in [-0.39, 0.29) is 12.5 Å². The fraction of sp³-hybridized carbons (Fsp3) is 0.222. The van der Waals surface area contributed by atoms with Crippen LogP contribution in [0, 0.1) is 0 Å². The molecule has 0 saturated heterocycles. The minimum atomic E-state index is -0.539. The number of ether oxygens (including phenoxy) is 1. The molecule has 7 nitrogen and oxygen atoms in total. The third-order valence-electron chi connectivity index (χ3n) is 3.51. The van der Waals surface area contributed by atoms with E-state index in [1.165, 1.54) is 11.2 Å². The Labute approximate surface area is 164 Å². The number of thiophene rings is 1. The minimum absolute atomic E-state index is 0.292. The first-order valence-corrected chi connectivity index (χ1v) is 10.2. The average Bonchev–Trinajstić information content (AvgIpc) is 3.40. The zero-order chi connectivity index (χ0) is 18.9. The molecule has 3 aromatic rings. The number of carbonyl (C=O) groups excluding carboxylic acids is 2. The summed E-state index contributed by atoms with van der Waals surface area (Å²) in [5.74, 6) is 0.899. The van der Waals surface area contributed by atoms with Crippen molar-refractivity contribution in [2.75, 3.05) is 18.9 Å². The van der Waals surface area contributed by atoms with Crippen LogP contribution in [0.2, 0.25) is 0 Å². The van der Waals surface area contributed by atoms with Crippen molar-refractivity contribution < 1.29 is 14.3 Å². The maximum Gasteiger partial charge on any atom is 0.338 e. The van der Waals surface area contributed by atoms with Crippen molar-refractivity contribution >= 4 is 35.0 Å². The third kappa shape index (κ3) is 5.93. The summed E-state index contributed by atoms with van der Waals surface area (Å²) < 4.78 is 6.63. The lowest BCUT2D eigenvalue weighted by molar-refractivity contribution is -0.124. The van der Waals surface area contributed by atoms with Crippen molar-refractivity contribution in [3.8, 4) is 5.69 Å². The topological polar surface area (TPSA) is 86.1 Å². The van der Waals surface area contributed by atoms with Crippen molar-refractivity contribution in [2.24, 2.45) is 0 Å². The van der Waals surface area contributed by atoms with Crippen LogP contribution < -0.4 is 5.32 Å². The molecule has 2 aromatic heterocycles. The fourth-order valence-electron chi connectivity index (χ4n) is 2.19. The maximum absolute atomic E-state index is 12.0. The number of thioether (sulfide) groups is 1. The Morgan fingerprint density at radius 3 is 2.78 bits per heavy atom. The van der Waals surface area contributed by atoms with Gasteiger partial charge in [0, 0.05) is 22.9 Å². The van der Waals surface area contributed by atoms with E-state index in [1.807, 2.05) is 11.4 Å². The SMILES string of the molecule is O=C(COC(=O)c1ccc(-n2cncn2)cc1)NCCSCc1cccs1. The highest BCUT2D eigenvalue weighted by molar-refractivity contribution is 7.98. The second-order valence-electron chi connectivity index (χ2n) is 5.44. The number of esters is 1. The Balaban J connectivity index is 1.34. The zero-order valence-corrected chi connectivity index (χ0v) is 16.0. The first-order valence-electron chi connectivity index (χ1n) is 8.21. The molecule has 1 amide bonds. The smallest absolute Gasteiger partial charge is 0.338 e. The van der Waals surface area contributed by atoms with Gasteiger partial charge in [-0.2, -0.15) is 16.9 Å². The van der Waals surface area contributed by atoms with E-state index >= 15 is 0 Å². The van der Waals surface area contributed by atoms with Crippen molar-refractivity contribution in [3.63, 3.8) is 0 Å². The molecule has 27 heavy (non-hydrogen) atoms. The number of aromatic nitrogens is 3. The van der Waals surface area contributed by atoms with Gasteiger partial charge in [0.25, 0.3) is 5.91 Å². The van der Waals surface area contributed by atoms with E-state index in [0.717, 1.165) is 17.2 Å². The first kappa shape index (κ1) is 19.1.